The van der Waals surface area contributed by atoms with Crippen LogP contribution in [-0.4, -0.2) is 16.9 Å². The highest BCUT2D eigenvalue weighted by Crippen LogP contribution is 2.25. The molecule has 1 amide bonds. The van der Waals surface area contributed by atoms with Crippen LogP contribution in [0.25, 0.3) is 0 Å². The first-order valence-electron chi connectivity index (χ1n) is 8.10. The Hall–Kier alpha value is -2.89. The maximum Gasteiger partial charge on any atom is 0.271 e. The van der Waals surface area contributed by atoms with Crippen LogP contribution in [0, 0.1) is 17.0 Å². The summed E-state index contributed by atoms with van der Waals surface area (Å²) in [6, 6.07) is 11.8. The third-order valence-electron chi connectivity index (χ3n) is 3.88. The first-order chi connectivity index (χ1) is 11.8. The second-order valence-corrected chi connectivity index (χ2v) is 6.24. The van der Waals surface area contributed by atoms with E-state index in [-0.39, 0.29) is 11.6 Å². The average molecular weight is 342 g/mol. The molecule has 2 aromatic carbocycles. The van der Waals surface area contributed by atoms with Gasteiger partial charge in [0.1, 0.15) is 5.75 Å². The lowest BCUT2D eigenvalue weighted by atomic mass is 10.0. The number of nitro benzene ring substituents is 1. The number of carbonyl (C=O) groups is 1. The van der Waals surface area contributed by atoms with Gasteiger partial charge in [0, 0.05) is 17.8 Å². The monoisotopic (exact) mass is 342 g/mol. The minimum atomic E-state index is -0.736. The number of carbonyl (C=O) groups excluding carboxylic acids is 1. The molecule has 0 aliphatic carbocycles. The van der Waals surface area contributed by atoms with Crippen molar-refractivity contribution in [1.82, 2.24) is 0 Å². The fourth-order valence-electron chi connectivity index (χ4n) is 2.29. The molecule has 2 aromatic rings. The van der Waals surface area contributed by atoms with Crippen molar-refractivity contribution in [3.63, 3.8) is 0 Å². The lowest BCUT2D eigenvalue weighted by Crippen LogP contribution is -2.30. The molecule has 0 aliphatic heterocycles. The summed E-state index contributed by atoms with van der Waals surface area (Å²) in [7, 11) is 0. The largest absolute Gasteiger partial charge is 0.481 e. The molecule has 0 radical (unpaired) electrons. The average Bonchev–Trinajstić information content (AvgIpc) is 2.56. The lowest BCUT2D eigenvalue weighted by Gasteiger charge is -2.18. The SMILES string of the molecule is Cc1ccc(C(C)C)cc1OC(C)C(=O)Nc1cccc([N+](=O)[O-])c1. The molecule has 0 spiro atoms. The van der Waals surface area contributed by atoms with Crippen molar-refractivity contribution >= 4 is 17.3 Å². The number of nitro groups is 1. The van der Waals surface area contributed by atoms with Crippen molar-refractivity contribution < 1.29 is 14.5 Å². The molecular weight excluding hydrogens is 320 g/mol. The minimum absolute atomic E-state index is 0.0770. The van der Waals surface area contributed by atoms with Gasteiger partial charge in [0.2, 0.25) is 0 Å². The Kier molecular flexibility index (Phi) is 5.75. The van der Waals surface area contributed by atoms with Gasteiger partial charge < -0.3 is 10.1 Å². The van der Waals surface area contributed by atoms with E-state index in [9.17, 15) is 14.9 Å². The number of hydrogen-bond donors (Lipinski definition) is 1. The van der Waals surface area contributed by atoms with E-state index < -0.39 is 11.0 Å². The molecule has 2 rings (SSSR count). The summed E-state index contributed by atoms with van der Waals surface area (Å²) in [4.78, 5) is 22.6. The molecule has 132 valence electrons. The van der Waals surface area contributed by atoms with E-state index in [4.69, 9.17) is 4.74 Å². The Labute approximate surface area is 147 Å². The van der Waals surface area contributed by atoms with Gasteiger partial charge in [-0.15, -0.1) is 0 Å². The summed E-state index contributed by atoms with van der Waals surface area (Å²) in [6.07, 6.45) is -0.736. The van der Waals surface area contributed by atoms with Gasteiger partial charge in [-0.3, -0.25) is 14.9 Å². The predicted molar refractivity (Wildman–Crippen MR) is 97.1 cm³/mol. The molecule has 1 unspecified atom stereocenters. The number of amides is 1. The first-order valence-corrected chi connectivity index (χ1v) is 8.10. The highest BCUT2D eigenvalue weighted by molar-refractivity contribution is 5.94. The molecule has 0 aliphatic rings. The van der Waals surface area contributed by atoms with Crippen molar-refractivity contribution in [1.29, 1.82) is 0 Å². The standard InChI is InChI=1S/C19H22N2O4/c1-12(2)15-9-8-13(3)18(10-15)25-14(4)19(22)20-16-6-5-7-17(11-16)21(23)24/h5-12,14H,1-4H3,(H,20,22). The Morgan fingerprint density at radius 2 is 1.88 bits per heavy atom. The van der Waals surface area contributed by atoms with Crippen molar-refractivity contribution in [2.24, 2.45) is 0 Å². The molecule has 0 bridgehead atoms. The summed E-state index contributed by atoms with van der Waals surface area (Å²) >= 11 is 0. The number of hydrogen-bond acceptors (Lipinski definition) is 4. The lowest BCUT2D eigenvalue weighted by molar-refractivity contribution is -0.384. The number of nitrogens with one attached hydrogen (secondary N) is 1. The number of anilines is 1. The van der Waals surface area contributed by atoms with Gasteiger partial charge >= 0.3 is 0 Å². The Bertz CT molecular complexity index is 787. The van der Waals surface area contributed by atoms with Gasteiger partial charge in [-0.2, -0.15) is 0 Å². The van der Waals surface area contributed by atoms with E-state index in [1.165, 1.54) is 18.2 Å². The second kappa shape index (κ2) is 7.79. The van der Waals surface area contributed by atoms with Crippen LogP contribution in [-0.2, 0) is 4.79 Å². The number of benzene rings is 2. The van der Waals surface area contributed by atoms with Crippen molar-refractivity contribution in [3.05, 3.63) is 63.7 Å². The molecule has 0 fully saturated rings. The van der Waals surface area contributed by atoms with Gasteiger partial charge in [-0.05, 0) is 43.0 Å². The Balaban J connectivity index is 2.09. The Morgan fingerprint density at radius 1 is 1.16 bits per heavy atom. The molecule has 0 saturated carbocycles. The zero-order chi connectivity index (χ0) is 18.6. The van der Waals surface area contributed by atoms with Crippen LogP contribution >= 0.6 is 0 Å². The highest BCUT2D eigenvalue weighted by atomic mass is 16.6. The zero-order valence-corrected chi connectivity index (χ0v) is 14.8. The summed E-state index contributed by atoms with van der Waals surface area (Å²) in [5.41, 5.74) is 2.36. The summed E-state index contributed by atoms with van der Waals surface area (Å²) in [6.45, 7) is 7.75. The fourth-order valence-corrected chi connectivity index (χ4v) is 2.29. The predicted octanol–water partition coefficient (Wildman–Crippen LogP) is 4.43. The van der Waals surface area contributed by atoms with Gasteiger partial charge in [-0.1, -0.05) is 32.0 Å². The smallest absolute Gasteiger partial charge is 0.271 e. The third kappa shape index (κ3) is 4.79. The summed E-state index contributed by atoms with van der Waals surface area (Å²) in [5, 5.41) is 13.5. The topological polar surface area (TPSA) is 81.5 Å². The quantitative estimate of drug-likeness (QED) is 0.622. The number of non-ortho nitro benzene ring substituents is 1. The maximum absolute atomic E-state index is 12.3. The number of rotatable bonds is 6. The van der Waals surface area contributed by atoms with Crippen molar-refractivity contribution in [2.45, 2.75) is 39.7 Å². The highest BCUT2D eigenvalue weighted by Gasteiger charge is 2.17. The molecule has 1 atom stereocenters. The number of aryl methyl sites for hydroxylation is 1. The molecule has 1 N–H and O–H groups in total. The van der Waals surface area contributed by atoms with Crippen LogP contribution < -0.4 is 10.1 Å². The van der Waals surface area contributed by atoms with Gasteiger partial charge in [0.15, 0.2) is 6.10 Å². The van der Waals surface area contributed by atoms with Crippen LogP contribution in [0.5, 0.6) is 5.75 Å². The molecular formula is C19H22N2O4. The maximum atomic E-state index is 12.3. The van der Waals surface area contributed by atoms with Gasteiger partial charge in [-0.25, -0.2) is 0 Å². The number of nitrogens with zero attached hydrogens (tertiary/aromatic N) is 1. The van der Waals surface area contributed by atoms with Gasteiger partial charge in [0.25, 0.3) is 11.6 Å². The van der Waals surface area contributed by atoms with E-state index in [1.807, 2.05) is 25.1 Å². The Morgan fingerprint density at radius 3 is 2.52 bits per heavy atom. The summed E-state index contributed by atoms with van der Waals surface area (Å²) < 4.78 is 5.80. The molecule has 0 saturated heterocycles. The van der Waals surface area contributed by atoms with Crippen LogP contribution in [0.2, 0.25) is 0 Å². The second-order valence-electron chi connectivity index (χ2n) is 6.24. The van der Waals surface area contributed by atoms with Crippen molar-refractivity contribution in [3.8, 4) is 5.75 Å². The van der Waals surface area contributed by atoms with Crippen LogP contribution in [0.4, 0.5) is 11.4 Å². The van der Waals surface area contributed by atoms with Crippen LogP contribution in [0.15, 0.2) is 42.5 Å². The zero-order valence-electron chi connectivity index (χ0n) is 14.8. The van der Waals surface area contributed by atoms with E-state index in [0.29, 0.717) is 17.4 Å². The van der Waals surface area contributed by atoms with E-state index in [2.05, 4.69) is 19.2 Å². The minimum Gasteiger partial charge on any atom is -0.481 e. The van der Waals surface area contributed by atoms with Crippen molar-refractivity contribution in [2.75, 3.05) is 5.32 Å². The van der Waals surface area contributed by atoms with E-state index >= 15 is 0 Å². The first kappa shape index (κ1) is 18.4. The fraction of sp³-hybridized carbons (Fsp3) is 0.316. The molecule has 25 heavy (non-hydrogen) atoms. The third-order valence-corrected chi connectivity index (χ3v) is 3.88. The van der Waals surface area contributed by atoms with Crippen LogP contribution in [0.3, 0.4) is 0 Å². The number of ether oxygens (including phenoxy) is 1. The van der Waals surface area contributed by atoms with E-state index in [0.717, 1.165) is 11.1 Å². The normalized spacial score (nSPS) is 11.9. The molecule has 6 nitrogen and oxygen atoms in total. The molecule has 0 heterocycles. The summed E-state index contributed by atoms with van der Waals surface area (Å²) in [5.74, 6) is 0.652. The van der Waals surface area contributed by atoms with Crippen LogP contribution in [0.1, 0.15) is 37.8 Å². The van der Waals surface area contributed by atoms with Gasteiger partial charge in [0.05, 0.1) is 4.92 Å². The molecule has 0 aromatic heterocycles. The molecule has 6 heteroatoms. The van der Waals surface area contributed by atoms with E-state index in [1.54, 1.807) is 13.0 Å².